The first-order chi connectivity index (χ1) is 15.6. The van der Waals surface area contributed by atoms with E-state index in [-0.39, 0.29) is 11.8 Å². The van der Waals surface area contributed by atoms with Gasteiger partial charge >= 0.3 is 0 Å². The number of thiazole rings is 1. The standard InChI is InChI=1S/C26H27N3O2S/c1-2-22-18-32-25(27-22)21-13-15-29(16-14-21)26(31)23(17-19-9-5-3-6-10-19)28-24(30)20-11-7-4-8-12-20/h3-12,17-18,21H,2,13-16H2,1H3,(H,28,30)/b23-17-. The van der Waals surface area contributed by atoms with Gasteiger partial charge in [0.15, 0.2) is 0 Å². The maximum absolute atomic E-state index is 13.4. The monoisotopic (exact) mass is 445 g/mol. The Balaban J connectivity index is 1.49. The van der Waals surface area contributed by atoms with Gasteiger partial charge in [-0.1, -0.05) is 55.5 Å². The van der Waals surface area contributed by atoms with Gasteiger partial charge in [-0.05, 0) is 43.0 Å². The molecular formula is C26H27N3O2S. The number of amides is 2. The van der Waals surface area contributed by atoms with Crippen LogP contribution in [0.1, 0.15) is 52.3 Å². The van der Waals surface area contributed by atoms with Gasteiger partial charge < -0.3 is 10.2 Å². The molecule has 0 unspecified atom stereocenters. The van der Waals surface area contributed by atoms with Gasteiger partial charge in [0, 0.05) is 30.0 Å². The van der Waals surface area contributed by atoms with Crippen LogP contribution in [0.4, 0.5) is 0 Å². The van der Waals surface area contributed by atoms with E-state index in [0.29, 0.717) is 30.3 Å². The minimum Gasteiger partial charge on any atom is -0.337 e. The van der Waals surface area contributed by atoms with Crippen molar-refractivity contribution in [2.24, 2.45) is 0 Å². The zero-order chi connectivity index (χ0) is 22.3. The molecular weight excluding hydrogens is 418 g/mol. The predicted molar refractivity (Wildman–Crippen MR) is 128 cm³/mol. The number of hydrogen-bond acceptors (Lipinski definition) is 4. The Hall–Kier alpha value is -3.25. The third kappa shape index (κ3) is 5.32. The summed E-state index contributed by atoms with van der Waals surface area (Å²) in [5.74, 6) is -0.0410. The van der Waals surface area contributed by atoms with E-state index in [1.165, 1.54) is 5.01 Å². The summed E-state index contributed by atoms with van der Waals surface area (Å²) in [5, 5.41) is 6.16. The van der Waals surface area contributed by atoms with Crippen LogP contribution in [-0.2, 0) is 11.2 Å². The van der Waals surface area contributed by atoms with Crippen molar-refractivity contribution in [2.75, 3.05) is 13.1 Å². The fourth-order valence-corrected chi connectivity index (χ4v) is 4.90. The van der Waals surface area contributed by atoms with Crippen molar-refractivity contribution in [3.63, 3.8) is 0 Å². The second-order valence-corrected chi connectivity index (χ2v) is 8.78. The second kappa shape index (κ2) is 10.4. The van der Waals surface area contributed by atoms with E-state index in [2.05, 4.69) is 17.6 Å². The molecule has 1 aliphatic heterocycles. The van der Waals surface area contributed by atoms with Crippen LogP contribution in [0.25, 0.3) is 6.08 Å². The Morgan fingerprint density at radius 1 is 1.06 bits per heavy atom. The first kappa shape index (κ1) is 22.0. The van der Waals surface area contributed by atoms with Crippen LogP contribution in [0.3, 0.4) is 0 Å². The molecule has 1 N–H and O–H groups in total. The van der Waals surface area contributed by atoms with Crippen LogP contribution >= 0.6 is 11.3 Å². The van der Waals surface area contributed by atoms with Crippen molar-refractivity contribution in [1.82, 2.24) is 15.2 Å². The zero-order valence-electron chi connectivity index (χ0n) is 18.2. The lowest BCUT2D eigenvalue weighted by molar-refractivity contribution is -0.128. The smallest absolute Gasteiger partial charge is 0.270 e. The molecule has 5 nitrogen and oxygen atoms in total. The van der Waals surface area contributed by atoms with Crippen molar-refractivity contribution in [3.05, 3.63) is 93.6 Å². The fraction of sp³-hybridized carbons (Fsp3) is 0.269. The van der Waals surface area contributed by atoms with E-state index in [1.807, 2.05) is 53.4 Å². The molecule has 164 valence electrons. The quantitative estimate of drug-likeness (QED) is 0.550. The molecule has 0 spiro atoms. The van der Waals surface area contributed by atoms with Crippen molar-refractivity contribution < 1.29 is 9.59 Å². The van der Waals surface area contributed by atoms with Gasteiger partial charge in [-0.25, -0.2) is 4.98 Å². The second-order valence-electron chi connectivity index (χ2n) is 7.89. The minimum atomic E-state index is -0.286. The lowest BCUT2D eigenvalue weighted by atomic mass is 9.97. The first-order valence-electron chi connectivity index (χ1n) is 11.0. The molecule has 1 fully saturated rings. The predicted octanol–water partition coefficient (Wildman–Crippen LogP) is 4.88. The molecule has 0 aliphatic carbocycles. The molecule has 2 amide bonds. The highest BCUT2D eigenvalue weighted by Crippen LogP contribution is 2.31. The molecule has 1 aliphatic rings. The Kier molecular flexibility index (Phi) is 7.12. The van der Waals surface area contributed by atoms with E-state index in [0.717, 1.165) is 30.5 Å². The topological polar surface area (TPSA) is 62.3 Å². The Morgan fingerprint density at radius 2 is 1.72 bits per heavy atom. The molecule has 0 saturated carbocycles. The van der Waals surface area contributed by atoms with Crippen LogP contribution in [-0.4, -0.2) is 34.8 Å². The molecule has 2 heterocycles. The number of aromatic nitrogens is 1. The zero-order valence-corrected chi connectivity index (χ0v) is 19.0. The van der Waals surface area contributed by atoms with E-state index in [1.54, 1.807) is 29.5 Å². The fourth-order valence-electron chi connectivity index (χ4n) is 3.82. The van der Waals surface area contributed by atoms with Gasteiger partial charge in [0.25, 0.3) is 11.8 Å². The van der Waals surface area contributed by atoms with Gasteiger partial charge in [0.2, 0.25) is 0 Å². The molecule has 4 rings (SSSR count). The molecule has 2 aromatic carbocycles. The first-order valence-corrected chi connectivity index (χ1v) is 11.9. The van der Waals surface area contributed by atoms with Crippen LogP contribution in [0.5, 0.6) is 0 Å². The Labute approximate surface area is 192 Å². The molecule has 3 aromatic rings. The number of benzene rings is 2. The Bertz CT molecular complexity index is 1080. The molecule has 0 atom stereocenters. The third-order valence-corrected chi connectivity index (χ3v) is 6.74. The van der Waals surface area contributed by atoms with Gasteiger partial charge in [-0.3, -0.25) is 9.59 Å². The van der Waals surface area contributed by atoms with Crippen molar-refractivity contribution in [3.8, 4) is 0 Å². The lowest BCUT2D eigenvalue weighted by Gasteiger charge is -2.31. The number of carbonyl (C=O) groups is 2. The Morgan fingerprint density at radius 3 is 2.34 bits per heavy atom. The van der Waals surface area contributed by atoms with Gasteiger partial charge in [0.05, 0.1) is 10.7 Å². The molecule has 32 heavy (non-hydrogen) atoms. The number of hydrogen-bond donors (Lipinski definition) is 1. The van der Waals surface area contributed by atoms with E-state index < -0.39 is 0 Å². The normalized spacial score (nSPS) is 14.9. The number of carbonyl (C=O) groups excluding carboxylic acids is 2. The minimum absolute atomic E-state index is 0.148. The summed E-state index contributed by atoms with van der Waals surface area (Å²) < 4.78 is 0. The highest BCUT2D eigenvalue weighted by Gasteiger charge is 2.28. The summed E-state index contributed by atoms with van der Waals surface area (Å²) in [4.78, 5) is 32.7. The molecule has 1 aromatic heterocycles. The third-order valence-electron chi connectivity index (χ3n) is 5.69. The van der Waals surface area contributed by atoms with Crippen molar-refractivity contribution in [1.29, 1.82) is 0 Å². The number of likely N-dealkylation sites (tertiary alicyclic amines) is 1. The summed E-state index contributed by atoms with van der Waals surface area (Å²) >= 11 is 1.72. The number of piperidine rings is 1. The number of nitrogens with zero attached hydrogens (tertiary/aromatic N) is 2. The van der Waals surface area contributed by atoms with E-state index in [4.69, 9.17) is 4.98 Å². The SMILES string of the molecule is CCc1csc(C2CCN(C(=O)/C(=C/c3ccccc3)NC(=O)c3ccccc3)CC2)n1. The van der Waals surface area contributed by atoms with Crippen molar-refractivity contribution in [2.45, 2.75) is 32.1 Å². The molecule has 1 saturated heterocycles. The van der Waals surface area contributed by atoms with Crippen molar-refractivity contribution >= 4 is 29.2 Å². The molecule has 0 radical (unpaired) electrons. The summed E-state index contributed by atoms with van der Waals surface area (Å²) in [6.07, 6.45) is 4.47. The van der Waals surface area contributed by atoms with Crippen LogP contribution in [0, 0.1) is 0 Å². The molecule has 6 heteroatoms. The van der Waals surface area contributed by atoms with Crippen LogP contribution < -0.4 is 5.32 Å². The maximum Gasteiger partial charge on any atom is 0.270 e. The highest BCUT2D eigenvalue weighted by molar-refractivity contribution is 7.09. The van der Waals surface area contributed by atoms with E-state index >= 15 is 0 Å². The number of rotatable bonds is 6. The summed E-state index contributed by atoms with van der Waals surface area (Å²) in [6.45, 7) is 3.42. The number of nitrogens with one attached hydrogen (secondary N) is 1. The summed E-state index contributed by atoms with van der Waals surface area (Å²) in [6, 6.07) is 18.6. The van der Waals surface area contributed by atoms with Gasteiger partial charge in [0.1, 0.15) is 5.70 Å². The largest absolute Gasteiger partial charge is 0.337 e. The number of aryl methyl sites for hydroxylation is 1. The molecule has 0 bridgehead atoms. The summed E-state index contributed by atoms with van der Waals surface area (Å²) in [7, 11) is 0. The van der Waals surface area contributed by atoms with Gasteiger partial charge in [-0.2, -0.15) is 0 Å². The highest BCUT2D eigenvalue weighted by atomic mass is 32.1. The van der Waals surface area contributed by atoms with Crippen LogP contribution in [0.2, 0.25) is 0 Å². The van der Waals surface area contributed by atoms with Crippen LogP contribution in [0.15, 0.2) is 71.7 Å². The maximum atomic E-state index is 13.4. The van der Waals surface area contributed by atoms with E-state index in [9.17, 15) is 9.59 Å². The average Bonchev–Trinajstić information content (AvgIpc) is 3.34. The van der Waals surface area contributed by atoms with Gasteiger partial charge in [-0.15, -0.1) is 11.3 Å². The summed E-state index contributed by atoms with van der Waals surface area (Å²) in [5.41, 5.74) is 2.83. The lowest BCUT2D eigenvalue weighted by Crippen LogP contribution is -2.42. The average molecular weight is 446 g/mol.